The van der Waals surface area contributed by atoms with Gasteiger partial charge in [0.25, 0.3) is 0 Å². The third kappa shape index (κ3) is 8.02. The number of aryl methyl sites for hydroxylation is 1. The van der Waals surface area contributed by atoms with Crippen molar-refractivity contribution in [1.29, 1.82) is 0 Å². The Hall–Kier alpha value is -2.34. The Morgan fingerprint density at radius 1 is 1.00 bits per heavy atom. The van der Waals surface area contributed by atoms with E-state index in [4.69, 9.17) is 4.74 Å². The van der Waals surface area contributed by atoms with Crippen LogP contribution >= 0.6 is 0 Å². The minimum atomic E-state index is 0.0932. The third-order valence-corrected chi connectivity index (χ3v) is 6.25. The molecule has 0 bridgehead atoms. The number of benzene rings is 1. The Morgan fingerprint density at radius 3 is 2.58 bits per heavy atom. The summed E-state index contributed by atoms with van der Waals surface area (Å²) >= 11 is 0. The van der Waals surface area contributed by atoms with Crippen LogP contribution in [0, 0.1) is 0 Å². The summed E-state index contributed by atoms with van der Waals surface area (Å²) in [7, 11) is 1.65. The van der Waals surface area contributed by atoms with Gasteiger partial charge in [0.1, 0.15) is 5.75 Å². The molecule has 0 aromatic heterocycles. The van der Waals surface area contributed by atoms with Crippen LogP contribution in [0.1, 0.15) is 50.5 Å². The zero-order valence-electron chi connectivity index (χ0n) is 18.9. The first-order valence-corrected chi connectivity index (χ1v) is 11.7. The standard InChI is InChI=1S/C25H37N3O3/c1-31-23-11-8-22(9-12-23)10-13-25(30)28-17-5-16-27(18-19-28)20-24(29)26-15-14-21-6-3-2-4-7-21/h6,8-9,11-12H,2-5,7,10,13-20H2,1H3,(H,26,29). The van der Waals surface area contributed by atoms with Crippen LogP contribution < -0.4 is 10.1 Å². The van der Waals surface area contributed by atoms with E-state index in [2.05, 4.69) is 16.3 Å². The first kappa shape index (κ1) is 23.3. The molecule has 170 valence electrons. The summed E-state index contributed by atoms with van der Waals surface area (Å²) in [6.07, 6.45) is 10.4. The zero-order valence-corrected chi connectivity index (χ0v) is 18.9. The molecule has 1 N–H and O–H groups in total. The minimum absolute atomic E-state index is 0.0932. The Kier molecular flexibility index (Phi) is 9.40. The Bertz CT molecular complexity index is 745. The quantitative estimate of drug-likeness (QED) is 0.615. The number of allylic oxidation sites excluding steroid dienone is 1. The molecule has 1 fully saturated rings. The Balaban J connectivity index is 1.34. The fourth-order valence-corrected chi connectivity index (χ4v) is 4.33. The van der Waals surface area contributed by atoms with Gasteiger partial charge in [-0.1, -0.05) is 23.8 Å². The maximum Gasteiger partial charge on any atom is 0.234 e. The second-order valence-corrected chi connectivity index (χ2v) is 8.57. The van der Waals surface area contributed by atoms with E-state index >= 15 is 0 Å². The number of nitrogens with one attached hydrogen (secondary N) is 1. The van der Waals surface area contributed by atoms with Gasteiger partial charge in [0.2, 0.25) is 11.8 Å². The van der Waals surface area contributed by atoms with E-state index < -0.39 is 0 Å². The number of carbonyl (C=O) groups excluding carboxylic acids is 2. The van der Waals surface area contributed by atoms with Crippen LogP contribution in [0.3, 0.4) is 0 Å². The molecule has 1 heterocycles. The first-order chi connectivity index (χ1) is 15.1. The van der Waals surface area contributed by atoms with E-state index in [1.807, 2.05) is 29.2 Å². The molecular formula is C25H37N3O3. The predicted molar refractivity (Wildman–Crippen MR) is 123 cm³/mol. The highest BCUT2D eigenvalue weighted by molar-refractivity contribution is 5.78. The summed E-state index contributed by atoms with van der Waals surface area (Å²) in [5.41, 5.74) is 2.64. The number of hydrogen-bond donors (Lipinski definition) is 1. The summed E-state index contributed by atoms with van der Waals surface area (Å²) in [5, 5.41) is 3.07. The van der Waals surface area contributed by atoms with Crippen molar-refractivity contribution in [2.24, 2.45) is 0 Å². The average Bonchev–Trinajstić information content (AvgIpc) is 3.04. The number of nitrogens with zero attached hydrogens (tertiary/aromatic N) is 2. The van der Waals surface area contributed by atoms with Crippen molar-refractivity contribution in [2.75, 3.05) is 46.4 Å². The molecule has 1 aromatic carbocycles. The highest BCUT2D eigenvalue weighted by Crippen LogP contribution is 2.19. The number of amides is 2. The van der Waals surface area contributed by atoms with E-state index in [1.54, 1.807) is 7.11 Å². The fourth-order valence-electron chi connectivity index (χ4n) is 4.33. The molecule has 1 saturated heterocycles. The summed E-state index contributed by atoms with van der Waals surface area (Å²) < 4.78 is 5.18. The SMILES string of the molecule is COc1ccc(CCC(=O)N2CCCN(CC(=O)NCCC3=CCCCC3)CC2)cc1. The largest absolute Gasteiger partial charge is 0.497 e. The van der Waals surface area contributed by atoms with Gasteiger partial charge in [-0.2, -0.15) is 0 Å². The second kappa shape index (κ2) is 12.5. The monoisotopic (exact) mass is 427 g/mol. The van der Waals surface area contributed by atoms with Crippen LogP contribution in [0.2, 0.25) is 0 Å². The van der Waals surface area contributed by atoms with Gasteiger partial charge in [-0.05, 0) is 62.6 Å². The number of carbonyl (C=O) groups is 2. The lowest BCUT2D eigenvalue weighted by molar-refractivity contribution is -0.131. The minimum Gasteiger partial charge on any atom is -0.497 e. The van der Waals surface area contributed by atoms with Gasteiger partial charge in [-0.25, -0.2) is 0 Å². The fraction of sp³-hybridized carbons (Fsp3) is 0.600. The van der Waals surface area contributed by atoms with Crippen molar-refractivity contribution < 1.29 is 14.3 Å². The molecule has 1 aliphatic carbocycles. The van der Waals surface area contributed by atoms with E-state index in [-0.39, 0.29) is 11.8 Å². The van der Waals surface area contributed by atoms with Crippen LogP contribution in [-0.4, -0.2) is 68.0 Å². The number of methoxy groups -OCH3 is 1. The molecule has 6 heteroatoms. The molecule has 2 aliphatic rings. The van der Waals surface area contributed by atoms with E-state index in [9.17, 15) is 9.59 Å². The van der Waals surface area contributed by atoms with Crippen molar-refractivity contribution in [3.63, 3.8) is 0 Å². The van der Waals surface area contributed by atoms with Crippen molar-refractivity contribution in [3.8, 4) is 5.75 Å². The van der Waals surface area contributed by atoms with Crippen LogP contribution in [-0.2, 0) is 16.0 Å². The molecule has 31 heavy (non-hydrogen) atoms. The average molecular weight is 428 g/mol. The van der Waals surface area contributed by atoms with Gasteiger partial charge in [0.05, 0.1) is 13.7 Å². The van der Waals surface area contributed by atoms with Crippen molar-refractivity contribution in [2.45, 2.75) is 51.4 Å². The number of rotatable bonds is 9. The van der Waals surface area contributed by atoms with Crippen LogP contribution in [0.15, 0.2) is 35.9 Å². The van der Waals surface area contributed by atoms with Gasteiger partial charge in [-0.15, -0.1) is 0 Å². The molecule has 1 aliphatic heterocycles. The number of hydrogen-bond acceptors (Lipinski definition) is 4. The Morgan fingerprint density at radius 2 is 1.84 bits per heavy atom. The highest BCUT2D eigenvalue weighted by Gasteiger charge is 2.20. The topological polar surface area (TPSA) is 61.9 Å². The maximum atomic E-state index is 12.7. The summed E-state index contributed by atoms with van der Waals surface area (Å²) in [5.74, 6) is 1.12. The van der Waals surface area contributed by atoms with Gasteiger partial charge >= 0.3 is 0 Å². The van der Waals surface area contributed by atoms with E-state index in [1.165, 1.54) is 31.3 Å². The van der Waals surface area contributed by atoms with Gasteiger partial charge in [0.15, 0.2) is 0 Å². The lowest BCUT2D eigenvalue weighted by atomic mass is 9.97. The summed E-state index contributed by atoms with van der Waals surface area (Å²) in [6.45, 7) is 4.24. The highest BCUT2D eigenvalue weighted by atomic mass is 16.5. The van der Waals surface area contributed by atoms with Gasteiger partial charge in [0, 0.05) is 39.1 Å². The molecule has 0 radical (unpaired) electrons. The van der Waals surface area contributed by atoms with Crippen LogP contribution in [0.5, 0.6) is 5.75 Å². The van der Waals surface area contributed by atoms with Crippen molar-refractivity contribution in [3.05, 3.63) is 41.5 Å². The first-order valence-electron chi connectivity index (χ1n) is 11.7. The Labute approximate surface area is 186 Å². The normalized spacial score (nSPS) is 17.6. The van der Waals surface area contributed by atoms with Crippen LogP contribution in [0.4, 0.5) is 0 Å². The maximum absolute atomic E-state index is 12.7. The molecule has 6 nitrogen and oxygen atoms in total. The van der Waals surface area contributed by atoms with E-state index in [0.717, 1.165) is 56.8 Å². The lowest BCUT2D eigenvalue weighted by Gasteiger charge is -2.22. The smallest absolute Gasteiger partial charge is 0.234 e. The third-order valence-electron chi connectivity index (χ3n) is 6.25. The molecule has 1 aromatic rings. The molecule has 3 rings (SSSR count). The lowest BCUT2D eigenvalue weighted by Crippen LogP contribution is -2.40. The van der Waals surface area contributed by atoms with Crippen LogP contribution in [0.25, 0.3) is 0 Å². The predicted octanol–water partition coefficient (Wildman–Crippen LogP) is 3.17. The molecular weight excluding hydrogens is 390 g/mol. The van der Waals surface area contributed by atoms with Crippen molar-refractivity contribution in [1.82, 2.24) is 15.1 Å². The molecule has 0 spiro atoms. The molecule has 0 unspecified atom stereocenters. The van der Waals surface area contributed by atoms with E-state index in [0.29, 0.717) is 19.5 Å². The molecule has 2 amide bonds. The van der Waals surface area contributed by atoms with Gasteiger partial charge in [-0.3, -0.25) is 14.5 Å². The number of ether oxygens (including phenoxy) is 1. The molecule has 0 atom stereocenters. The summed E-state index contributed by atoms with van der Waals surface area (Å²) in [4.78, 5) is 29.1. The molecule has 0 saturated carbocycles. The van der Waals surface area contributed by atoms with Crippen molar-refractivity contribution >= 4 is 11.8 Å². The van der Waals surface area contributed by atoms with Gasteiger partial charge < -0.3 is 15.0 Å². The second-order valence-electron chi connectivity index (χ2n) is 8.57. The zero-order chi connectivity index (χ0) is 21.9. The summed E-state index contributed by atoms with van der Waals surface area (Å²) in [6, 6.07) is 7.89.